The Morgan fingerprint density at radius 1 is 1.37 bits per heavy atom. The predicted octanol–water partition coefficient (Wildman–Crippen LogP) is 2.48. The molecule has 1 N–H and O–H groups in total. The van der Waals surface area contributed by atoms with Crippen molar-refractivity contribution in [3.05, 3.63) is 35.0 Å². The molecule has 98 valence electrons. The molecule has 3 heterocycles. The number of hydrogen-bond donors (Lipinski definition) is 1. The lowest BCUT2D eigenvalue weighted by molar-refractivity contribution is 0.681. The average Bonchev–Trinajstić information content (AvgIpc) is 3.07. The van der Waals surface area contributed by atoms with Crippen molar-refractivity contribution in [2.24, 2.45) is 0 Å². The number of imidazole rings is 1. The molecular weight excluding hydrogens is 258 g/mol. The second-order valence-corrected chi connectivity index (χ2v) is 5.57. The van der Waals surface area contributed by atoms with Crippen molar-refractivity contribution in [1.29, 1.82) is 0 Å². The van der Waals surface area contributed by atoms with Gasteiger partial charge in [-0.3, -0.25) is 0 Å². The Morgan fingerprint density at radius 3 is 3.05 bits per heavy atom. The maximum Gasteiger partial charge on any atom is 0.182 e. The van der Waals surface area contributed by atoms with Gasteiger partial charge in [-0.2, -0.15) is 0 Å². The summed E-state index contributed by atoms with van der Waals surface area (Å²) in [6.45, 7) is 2.20. The molecular formula is C13H15N5S. The second kappa shape index (κ2) is 4.97. The standard InChI is InChI=1S/C13H15N5S/c1-9(6-10-4-3-5-19-10)18(2)13-11-12(15-7-14-11)16-8-17-13/h3-5,7-9H,6H2,1-2H3,(H,14,15,16,17)/t9-/m0/s1. The van der Waals surface area contributed by atoms with Crippen molar-refractivity contribution in [1.82, 2.24) is 19.9 Å². The minimum Gasteiger partial charge on any atom is -0.355 e. The van der Waals surface area contributed by atoms with Crippen LogP contribution < -0.4 is 4.90 Å². The molecule has 5 nitrogen and oxygen atoms in total. The SMILES string of the molecule is C[C@@H](Cc1cccs1)N(C)c1ncnc2nc[nH]c12. The molecule has 0 amide bonds. The molecule has 3 aromatic rings. The van der Waals surface area contributed by atoms with E-state index >= 15 is 0 Å². The van der Waals surface area contributed by atoms with E-state index in [0.717, 1.165) is 17.8 Å². The third-order valence-electron chi connectivity index (χ3n) is 3.27. The summed E-state index contributed by atoms with van der Waals surface area (Å²) in [4.78, 5) is 19.3. The monoisotopic (exact) mass is 273 g/mol. The second-order valence-electron chi connectivity index (χ2n) is 4.54. The Kier molecular flexibility index (Phi) is 3.16. The van der Waals surface area contributed by atoms with Crippen LogP contribution in [-0.4, -0.2) is 33.0 Å². The first-order valence-corrected chi connectivity index (χ1v) is 7.03. The number of nitrogens with zero attached hydrogens (tertiary/aromatic N) is 4. The Bertz CT molecular complexity index is 661. The number of H-pyrrole nitrogens is 1. The summed E-state index contributed by atoms with van der Waals surface area (Å²) in [5.74, 6) is 0.895. The smallest absolute Gasteiger partial charge is 0.182 e. The van der Waals surface area contributed by atoms with Crippen LogP contribution in [0.1, 0.15) is 11.8 Å². The Hall–Kier alpha value is -1.95. The van der Waals surface area contributed by atoms with Crippen molar-refractivity contribution in [2.45, 2.75) is 19.4 Å². The Labute approximate surface area is 115 Å². The van der Waals surface area contributed by atoms with Gasteiger partial charge in [0.25, 0.3) is 0 Å². The lowest BCUT2D eigenvalue weighted by Gasteiger charge is -2.25. The van der Waals surface area contributed by atoms with E-state index in [9.17, 15) is 0 Å². The van der Waals surface area contributed by atoms with Gasteiger partial charge in [0.2, 0.25) is 0 Å². The molecule has 1 atom stereocenters. The summed E-state index contributed by atoms with van der Waals surface area (Å²) >= 11 is 1.79. The van der Waals surface area contributed by atoms with E-state index in [-0.39, 0.29) is 0 Å². The van der Waals surface area contributed by atoms with Crippen molar-refractivity contribution >= 4 is 28.3 Å². The van der Waals surface area contributed by atoms with Crippen LogP contribution in [-0.2, 0) is 6.42 Å². The molecule has 0 fully saturated rings. The first-order chi connectivity index (χ1) is 9.25. The molecule has 0 unspecified atom stereocenters. The van der Waals surface area contributed by atoms with Crippen LogP contribution in [0.2, 0.25) is 0 Å². The highest BCUT2D eigenvalue weighted by molar-refractivity contribution is 7.09. The van der Waals surface area contributed by atoms with E-state index in [1.54, 1.807) is 24.0 Å². The van der Waals surface area contributed by atoms with Crippen LogP contribution in [0, 0.1) is 0 Å². The number of hydrogen-bond acceptors (Lipinski definition) is 5. The van der Waals surface area contributed by atoms with Gasteiger partial charge in [-0.15, -0.1) is 11.3 Å². The van der Waals surface area contributed by atoms with Crippen LogP contribution in [0.4, 0.5) is 5.82 Å². The molecule has 0 saturated heterocycles. The number of thiophene rings is 1. The molecule has 0 aliphatic rings. The van der Waals surface area contributed by atoms with Gasteiger partial charge in [0.1, 0.15) is 11.8 Å². The summed E-state index contributed by atoms with van der Waals surface area (Å²) in [6, 6.07) is 4.62. The normalized spacial score (nSPS) is 12.7. The van der Waals surface area contributed by atoms with Crippen molar-refractivity contribution in [3.63, 3.8) is 0 Å². The van der Waals surface area contributed by atoms with Gasteiger partial charge in [-0.1, -0.05) is 6.07 Å². The van der Waals surface area contributed by atoms with E-state index in [1.165, 1.54) is 4.88 Å². The van der Waals surface area contributed by atoms with Gasteiger partial charge in [-0.25, -0.2) is 15.0 Å². The third kappa shape index (κ3) is 2.31. The van der Waals surface area contributed by atoms with Gasteiger partial charge in [0.05, 0.1) is 6.33 Å². The number of anilines is 1. The molecule has 0 spiro atoms. The number of aromatic nitrogens is 4. The average molecular weight is 273 g/mol. The van der Waals surface area contributed by atoms with Gasteiger partial charge in [-0.05, 0) is 18.4 Å². The molecule has 3 rings (SSSR count). The summed E-state index contributed by atoms with van der Waals surface area (Å²) in [7, 11) is 2.06. The number of aromatic amines is 1. The van der Waals surface area contributed by atoms with Gasteiger partial charge in [0, 0.05) is 24.4 Å². The first kappa shape index (κ1) is 12.1. The zero-order valence-electron chi connectivity index (χ0n) is 10.9. The fourth-order valence-electron chi connectivity index (χ4n) is 2.09. The van der Waals surface area contributed by atoms with Crippen LogP contribution in [0.25, 0.3) is 11.2 Å². The molecule has 3 aromatic heterocycles. The quantitative estimate of drug-likeness (QED) is 0.793. The lowest BCUT2D eigenvalue weighted by Crippen LogP contribution is -2.31. The van der Waals surface area contributed by atoms with Gasteiger partial charge >= 0.3 is 0 Å². The zero-order valence-corrected chi connectivity index (χ0v) is 11.7. The largest absolute Gasteiger partial charge is 0.355 e. The fourth-order valence-corrected chi connectivity index (χ4v) is 2.91. The van der Waals surface area contributed by atoms with E-state index in [0.29, 0.717) is 11.7 Å². The number of rotatable bonds is 4. The van der Waals surface area contributed by atoms with Crippen molar-refractivity contribution < 1.29 is 0 Å². The molecule has 0 radical (unpaired) electrons. The topological polar surface area (TPSA) is 57.7 Å². The minimum atomic E-state index is 0.361. The maximum absolute atomic E-state index is 4.38. The summed E-state index contributed by atoms with van der Waals surface area (Å²) < 4.78 is 0. The molecule has 0 aliphatic heterocycles. The summed E-state index contributed by atoms with van der Waals surface area (Å²) in [5, 5.41) is 2.11. The number of fused-ring (bicyclic) bond motifs is 1. The Morgan fingerprint density at radius 2 is 2.26 bits per heavy atom. The minimum absolute atomic E-state index is 0.361. The van der Waals surface area contributed by atoms with E-state index in [2.05, 4.69) is 56.3 Å². The van der Waals surface area contributed by atoms with Gasteiger partial charge in [0.15, 0.2) is 11.5 Å². The fraction of sp³-hybridized carbons (Fsp3) is 0.308. The third-order valence-corrected chi connectivity index (χ3v) is 4.17. The molecule has 0 aliphatic carbocycles. The maximum atomic E-state index is 4.38. The molecule has 0 saturated carbocycles. The lowest BCUT2D eigenvalue weighted by atomic mass is 10.2. The van der Waals surface area contributed by atoms with Crippen LogP contribution in [0.15, 0.2) is 30.2 Å². The van der Waals surface area contributed by atoms with Crippen LogP contribution in [0.5, 0.6) is 0 Å². The zero-order chi connectivity index (χ0) is 13.2. The summed E-state index contributed by atoms with van der Waals surface area (Å²) in [5.41, 5.74) is 1.60. The van der Waals surface area contributed by atoms with Crippen molar-refractivity contribution in [2.75, 3.05) is 11.9 Å². The number of likely N-dealkylation sites (N-methyl/N-ethyl adjacent to an activating group) is 1. The van der Waals surface area contributed by atoms with E-state index < -0.39 is 0 Å². The summed E-state index contributed by atoms with van der Waals surface area (Å²) in [6.07, 6.45) is 4.22. The number of nitrogens with one attached hydrogen (secondary N) is 1. The van der Waals surface area contributed by atoms with Crippen LogP contribution in [0.3, 0.4) is 0 Å². The molecule has 6 heteroatoms. The van der Waals surface area contributed by atoms with Crippen LogP contribution >= 0.6 is 11.3 Å². The first-order valence-electron chi connectivity index (χ1n) is 6.15. The van der Waals surface area contributed by atoms with E-state index in [1.807, 2.05) is 0 Å². The van der Waals surface area contributed by atoms with Gasteiger partial charge < -0.3 is 9.88 Å². The highest BCUT2D eigenvalue weighted by Crippen LogP contribution is 2.22. The molecule has 19 heavy (non-hydrogen) atoms. The molecule has 0 aromatic carbocycles. The predicted molar refractivity (Wildman–Crippen MR) is 77.6 cm³/mol. The highest BCUT2D eigenvalue weighted by Gasteiger charge is 2.16. The van der Waals surface area contributed by atoms with Crippen molar-refractivity contribution in [3.8, 4) is 0 Å². The highest BCUT2D eigenvalue weighted by atomic mass is 32.1. The van der Waals surface area contributed by atoms with E-state index in [4.69, 9.17) is 0 Å². The Balaban J connectivity index is 1.86. The molecule has 0 bridgehead atoms.